The summed E-state index contributed by atoms with van der Waals surface area (Å²) in [5, 5.41) is 11.3. The van der Waals surface area contributed by atoms with Crippen molar-refractivity contribution in [2.45, 2.75) is 19.3 Å². The molecule has 0 radical (unpaired) electrons. The van der Waals surface area contributed by atoms with Crippen LogP contribution in [0.4, 0.5) is 0 Å². The summed E-state index contributed by atoms with van der Waals surface area (Å²) in [6, 6.07) is 10.0. The quantitative estimate of drug-likeness (QED) is 0.840. The molecule has 0 aromatic heterocycles. The number of rotatable bonds is 4. The molecule has 2 rings (SSSR count). The number of likely N-dealkylation sites (N-methyl/N-ethyl adjacent to an activating group) is 1. The zero-order valence-electron chi connectivity index (χ0n) is 13.4. The Balaban J connectivity index is 2.38. The molecule has 1 aliphatic rings. The molecule has 2 N–H and O–H groups in total. The van der Waals surface area contributed by atoms with Gasteiger partial charge in [0.05, 0.1) is 5.57 Å². The van der Waals surface area contributed by atoms with Crippen molar-refractivity contribution in [3.05, 3.63) is 58.9 Å². The van der Waals surface area contributed by atoms with Crippen LogP contribution in [0.1, 0.15) is 18.4 Å². The number of hydrogen-bond acceptors (Lipinski definition) is 4. The zero-order chi connectivity index (χ0) is 16.1. The first-order valence-electron chi connectivity index (χ1n) is 7.47. The highest BCUT2D eigenvalue weighted by Gasteiger charge is 2.28. The van der Waals surface area contributed by atoms with Gasteiger partial charge in [-0.05, 0) is 18.4 Å². The molecule has 0 atom stereocenters. The summed E-state index contributed by atoms with van der Waals surface area (Å²) in [6.45, 7) is 0. The van der Waals surface area contributed by atoms with Gasteiger partial charge < -0.3 is 15.6 Å². The van der Waals surface area contributed by atoms with E-state index in [9.17, 15) is 4.79 Å². The number of carbonyl (C=O) groups is 1. The van der Waals surface area contributed by atoms with E-state index >= 15 is 0 Å². The Hall–Kier alpha value is -2.36. The Morgan fingerprint density at radius 1 is 1.27 bits per heavy atom. The van der Waals surface area contributed by atoms with Gasteiger partial charge in [0, 0.05) is 50.7 Å². The van der Waals surface area contributed by atoms with Gasteiger partial charge in [-0.1, -0.05) is 30.3 Å². The second kappa shape index (κ2) is 7.07. The molecule has 1 aromatic rings. The molecule has 0 amide bonds. The van der Waals surface area contributed by atoms with Crippen molar-refractivity contribution >= 4 is 11.5 Å². The van der Waals surface area contributed by atoms with Crippen LogP contribution in [0.5, 0.6) is 0 Å². The third-order valence-corrected chi connectivity index (χ3v) is 3.71. The molecule has 0 bridgehead atoms. The van der Waals surface area contributed by atoms with E-state index < -0.39 is 0 Å². The first kappa shape index (κ1) is 16.0. The molecule has 22 heavy (non-hydrogen) atoms. The minimum atomic E-state index is -0.0229. The Morgan fingerprint density at radius 3 is 2.55 bits per heavy atom. The maximum absolute atomic E-state index is 12.7. The molecule has 0 aliphatic heterocycles. The van der Waals surface area contributed by atoms with Gasteiger partial charge in [-0.2, -0.15) is 0 Å². The Morgan fingerprint density at radius 2 is 1.95 bits per heavy atom. The van der Waals surface area contributed by atoms with Gasteiger partial charge in [-0.3, -0.25) is 4.79 Å². The standard InChI is InChI=1S/C18H23N3O/c1-20-16(11-13-7-5-4-6-8-13)17-15(19)10-9-14(18(17)22)12-21(2)3/h4-8,12,19-20H,9-11H2,1-3H3/b14-12+,17-16+,19-15?. The zero-order valence-corrected chi connectivity index (χ0v) is 13.4. The summed E-state index contributed by atoms with van der Waals surface area (Å²) in [5.41, 5.74) is 3.69. The van der Waals surface area contributed by atoms with Crippen molar-refractivity contribution in [2.75, 3.05) is 21.1 Å². The van der Waals surface area contributed by atoms with Gasteiger partial charge in [0.1, 0.15) is 0 Å². The molecule has 1 fully saturated rings. The number of carbonyl (C=O) groups excluding carboxylic acids is 1. The SMILES string of the molecule is CN/C(Cc1ccccc1)=C1\C(=N)CC/C(=C\N(C)C)C1=O. The first-order chi connectivity index (χ1) is 10.5. The highest BCUT2D eigenvalue weighted by molar-refractivity contribution is 6.29. The fraction of sp³-hybridized carbons (Fsp3) is 0.333. The van der Waals surface area contributed by atoms with Crippen LogP contribution >= 0.6 is 0 Å². The van der Waals surface area contributed by atoms with E-state index in [2.05, 4.69) is 5.32 Å². The minimum absolute atomic E-state index is 0.0229. The third-order valence-electron chi connectivity index (χ3n) is 3.71. The lowest BCUT2D eigenvalue weighted by molar-refractivity contribution is -0.112. The van der Waals surface area contributed by atoms with Gasteiger partial charge in [-0.25, -0.2) is 0 Å². The van der Waals surface area contributed by atoms with Crippen molar-refractivity contribution in [1.82, 2.24) is 10.2 Å². The lowest BCUT2D eigenvalue weighted by Crippen LogP contribution is -2.28. The van der Waals surface area contributed by atoms with Crippen molar-refractivity contribution in [1.29, 1.82) is 5.41 Å². The van der Waals surface area contributed by atoms with Gasteiger partial charge in [-0.15, -0.1) is 0 Å². The highest BCUT2D eigenvalue weighted by Crippen LogP contribution is 2.25. The number of nitrogens with one attached hydrogen (secondary N) is 2. The summed E-state index contributed by atoms with van der Waals surface area (Å²) in [6.07, 6.45) is 3.75. The van der Waals surface area contributed by atoms with Crippen molar-refractivity contribution < 1.29 is 4.79 Å². The maximum Gasteiger partial charge on any atom is 0.194 e. The van der Waals surface area contributed by atoms with E-state index in [0.717, 1.165) is 16.8 Å². The Kier molecular flexibility index (Phi) is 5.15. The van der Waals surface area contributed by atoms with E-state index in [4.69, 9.17) is 5.41 Å². The van der Waals surface area contributed by atoms with Gasteiger partial charge in [0.2, 0.25) is 0 Å². The summed E-state index contributed by atoms with van der Waals surface area (Å²) in [7, 11) is 5.63. The van der Waals surface area contributed by atoms with Crippen LogP contribution in [0, 0.1) is 5.41 Å². The van der Waals surface area contributed by atoms with E-state index in [-0.39, 0.29) is 5.78 Å². The second-order valence-electron chi connectivity index (χ2n) is 5.69. The predicted molar refractivity (Wildman–Crippen MR) is 90.0 cm³/mol. The predicted octanol–water partition coefficient (Wildman–Crippen LogP) is 2.53. The molecule has 0 saturated heterocycles. The molecule has 0 heterocycles. The topological polar surface area (TPSA) is 56.2 Å². The van der Waals surface area contributed by atoms with Gasteiger partial charge >= 0.3 is 0 Å². The lowest BCUT2D eigenvalue weighted by atomic mass is 9.85. The van der Waals surface area contributed by atoms with Crippen LogP contribution in [-0.4, -0.2) is 37.5 Å². The molecule has 1 aliphatic carbocycles. The number of Topliss-reactive ketones (excluding diaryl/α,β-unsaturated/α-hetero) is 1. The largest absolute Gasteiger partial charge is 0.390 e. The number of hydrogen-bond donors (Lipinski definition) is 2. The number of allylic oxidation sites excluding steroid dienone is 3. The van der Waals surface area contributed by atoms with Crippen LogP contribution in [0.2, 0.25) is 0 Å². The second-order valence-corrected chi connectivity index (χ2v) is 5.69. The smallest absolute Gasteiger partial charge is 0.194 e. The molecule has 1 saturated carbocycles. The van der Waals surface area contributed by atoms with Crippen molar-refractivity contribution in [3.63, 3.8) is 0 Å². The number of ketones is 1. The van der Waals surface area contributed by atoms with E-state index in [0.29, 0.717) is 30.5 Å². The van der Waals surface area contributed by atoms with E-state index in [1.54, 1.807) is 0 Å². The summed E-state index contributed by atoms with van der Waals surface area (Å²) < 4.78 is 0. The lowest BCUT2D eigenvalue weighted by Gasteiger charge is -2.22. The Labute approximate surface area is 132 Å². The first-order valence-corrected chi connectivity index (χ1v) is 7.47. The summed E-state index contributed by atoms with van der Waals surface area (Å²) >= 11 is 0. The molecule has 0 unspecified atom stereocenters. The van der Waals surface area contributed by atoms with E-state index in [1.165, 1.54) is 0 Å². The molecule has 116 valence electrons. The average molecular weight is 297 g/mol. The number of benzene rings is 1. The molecular formula is C18H23N3O. The van der Waals surface area contributed by atoms with Crippen molar-refractivity contribution in [2.24, 2.45) is 0 Å². The van der Waals surface area contributed by atoms with Crippen LogP contribution in [-0.2, 0) is 11.2 Å². The maximum atomic E-state index is 12.7. The average Bonchev–Trinajstić information content (AvgIpc) is 2.50. The van der Waals surface area contributed by atoms with Crippen LogP contribution in [0.25, 0.3) is 0 Å². The van der Waals surface area contributed by atoms with Crippen molar-refractivity contribution in [3.8, 4) is 0 Å². The van der Waals surface area contributed by atoms with Gasteiger partial charge in [0.25, 0.3) is 0 Å². The fourth-order valence-corrected chi connectivity index (χ4v) is 2.65. The minimum Gasteiger partial charge on any atom is -0.390 e. The monoisotopic (exact) mass is 297 g/mol. The number of nitrogens with zero attached hydrogens (tertiary/aromatic N) is 1. The fourth-order valence-electron chi connectivity index (χ4n) is 2.65. The van der Waals surface area contributed by atoms with Crippen LogP contribution < -0.4 is 5.32 Å². The molecular weight excluding hydrogens is 274 g/mol. The third kappa shape index (κ3) is 3.64. The molecule has 4 heteroatoms. The summed E-state index contributed by atoms with van der Waals surface area (Å²) in [5.74, 6) is -0.0229. The molecule has 0 spiro atoms. The molecule has 1 aromatic carbocycles. The van der Waals surface area contributed by atoms with Crippen LogP contribution in [0.15, 0.2) is 53.4 Å². The molecule has 4 nitrogen and oxygen atoms in total. The highest BCUT2D eigenvalue weighted by atomic mass is 16.1. The Bertz CT molecular complexity index is 627. The van der Waals surface area contributed by atoms with Crippen LogP contribution in [0.3, 0.4) is 0 Å². The van der Waals surface area contributed by atoms with Gasteiger partial charge in [0.15, 0.2) is 5.78 Å². The summed E-state index contributed by atoms with van der Waals surface area (Å²) in [4.78, 5) is 14.6. The van der Waals surface area contributed by atoms with E-state index in [1.807, 2.05) is 62.6 Å². The normalized spacial score (nSPS) is 19.3.